The van der Waals surface area contributed by atoms with Crippen LogP contribution in [0.4, 0.5) is 8.78 Å². The quantitative estimate of drug-likeness (QED) is 0.554. The van der Waals surface area contributed by atoms with Gasteiger partial charge in [0.15, 0.2) is 6.10 Å². The zero-order valence-electron chi connectivity index (χ0n) is 15.0. The second-order valence-electron chi connectivity index (χ2n) is 5.64. The van der Waals surface area contributed by atoms with Crippen molar-refractivity contribution in [2.75, 3.05) is 6.54 Å². The summed E-state index contributed by atoms with van der Waals surface area (Å²) in [5, 5.41) is 12.0. The van der Waals surface area contributed by atoms with Gasteiger partial charge >= 0.3 is 12.6 Å². The first-order chi connectivity index (χ1) is 13.9. The van der Waals surface area contributed by atoms with Crippen LogP contribution in [0, 0.1) is 0 Å². The highest BCUT2D eigenvalue weighted by Crippen LogP contribution is 2.25. The van der Waals surface area contributed by atoms with Gasteiger partial charge in [-0.2, -0.15) is 8.78 Å². The van der Waals surface area contributed by atoms with Crippen LogP contribution >= 0.6 is 11.3 Å². The molecule has 0 aliphatic carbocycles. The largest absolute Gasteiger partial charge is 0.451 e. The van der Waals surface area contributed by atoms with Crippen LogP contribution in [0.2, 0.25) is 0 Å². The zero-order valence-corrected chi connectivity index (χ0v) is 15.8. The van der Waals surface area contributed by atoms with Crippen molar-refractivity contribution in [3.05, 3.63) is 53.2 Å². The van der Waals surface area contributed by atoms with E-state index in [4.69, 9.17) is 9.15 Å². The summed E-state index contributed by atoms with van der Waals surface area (Å²) in [5.41, 5.74) is 0.0569. The molecule has 8 nitrogen and oxygen atoms in total. The Morgan fingerprint density at radius 3 is 2.79 bits per heavy atom. The van der Waals surface area contributed by atoms with Crippen LogP contribution in [-0.4, -0.2) is 35.2 Å². The molecule has 1 N–H and O–H groups in total. The number of hydrogen-bond acceptors (Lipinski definition) is 8. The normalized spacial score (nSPS) is 11.9. The summed E-state index contributed by atoms with van der Waals surface area (Å²) in [4.78, 5) is 24.8. The van der Waals surface area contributed by atoms with Crippen molar-refractivity contribution in [3.8, 4) is 16.5 Å². The SMILES string of the molecule is C[C@@H](OC(=O)CNC(=O)c1cccc(OC(F)F)c1)c1nnc(-c2cccs2)o1. The molecule has 0 saturated heterocycles. The van der Waals surface area contributed by atoms with E-state index in [0.29, 0.717) is 5.89 Å². The number of ether oxygens (including phenoxy) is 2. The predicted octanol–water partition coefficient (Wildman–Crippen LogP) is 3.43. The number of nitrogens with one attached hydrogen (secondary N) is 1. The van der Waals surface area contributed by atoms with Crippen LogP contribution in [0.25, 0.3) is 10.8 Å². The summed E-state index contributed by atoms with van der Waals surface area (Å²) in [6, 6.07) is 8.86. The summed E-state index contributed by atoms with van der Waals surface area (Å²) < 4.78 is 39.4. The number of esters is 1. The van der Waals surface area contributed by atoms with Gasteiger partial charge in [0.25, 0.3) is 17.7 Å². The minimum Gasteiger partial charge on any atom is -0.451 e. The Bertz CT molecular complexity index is 978. The first-order valence-electron chi connectivity index (χ1n) is 8.32. The number of nitrogens with zero attached hydrogens (tertiary/aromatic N) is 2. The van der Waals surface area contributed by atoms with Crippen molar-refractivity contribution in [3.63, 3.8) is 0 Å². The molecule has 3 rings (SSSR count). The van der Waals surface area contributed by atoms with Crippen LogP contribution < -0.4 is 10.1 Å². The average Bonchev–Trinajstić information content (AvgIpc) is 3.37. The molecule has 2 aromatic heterocycles. The molecule has 11 heteroatoms. The number of rotatable bonds is 8. The second kappa shape index (κ2) is 9.24. The molecule has 0 unspecified atom stereocenters. The monoisotopic (exact) mass is 423 g/mol. The third kappa shape index (κ3) is 5.57. The number of aromatic nitrogens is 2. The van der Waals surface area contributed by atoms with Gasteiger partial charge in [-0.25, -0.2) is 0 Å². The summed E-state index contributed by atoms with van der Waals surface area (Å²) in [7, 11) is 0. The van der Waals surface area contributed by atoms with E-state index in [1.54, 1.807) is 6.92 Å². The fourth-order valence-electron chi connectivity index (χ4n) is 2.26. The van der Waals surface area contributed by atoms with E-state index in [1.807, 2.05) is 17.5 Å². The summed E-state index contributed by atoms with van der Waals surface area (Å²) in [6.07, 6.45) is -0.816. The molecular weight excluding hydrogens is 408 g/mol. The smallest absolute Gasteiger partial charge is 0.387 e. The molecule has 0 fully saturated rings. The maximum Gasteiger partial charge on any atom is 0.387 e. The standard InChI is InChI=1S/C18H15F2N3O5S/c1-10(16-22-23-17(28-16)13-6-3-7-29-13)26-14(24)9-21-15(25)11-4-2-5-12(8-11)27-18(19)20/h2-8,10,18H,9H2,1H3,(H,21,25)/t10-/m1/s1. The van der Waals surface area contributed by atoms with E-state index in [9.17, 15) is 18.4 Å². The molecule has 0 spiro atoms. The van der Waals surface area contributed by atoms with E-state index in [2.05, 4.69) is 20.3 Å². The van der Waals surface area contributed by atoms with Crippen molar-refractivity contribution in [2.24, 2.45) is 0 Å². The molecule has 2 heterocycles. The van der Waals surface area contributed by atoms with Crippen molar-refractivity contribution in [1.29, 1.82) is 0 Å². The van der Waals surface area contributed by atoms with Crippen LogP contribution in [-0.2, 0) is 9.53 Å². The van der Waals surface area contributed by atoms with E-state index < -0.39 is 31.1 Å². The van der Waals surface area contributed by atoms with E-state index >= 15 is 0 Å². The topological polar surface area (TPSA) is 104 Å². The van der Waals surface area contributed by atoms with Gasteiger partial charge in [-0.15, -0.1) is 21.5 Å². The Balaban J connectivity index is 1.51. The molecule has 0 aliphatic heterocycles. The van der Waals surface area contributed by atoms with Gasteiger partial charge in [-0.3, -0.25) is 9.59 Å². The summed E-state index contributed by atoms with van der Waals surface area (Å²) >= 11 is 1.43. The predicted molar refractivity (Wildman–Crippen MR) is 97.5 cm³/mol. The van der Waals surface area contributed by atoms with Crippen molar-refractivity contribution < 1.29 is 32.3 Å². The van der Waals surface area contributed by atoms with Gasteiger partial charge in [-0.1, -0.05) is 12.1 Å². The Kier molecular flexibility index (Phi) is 6.50. The number of alkyl halides is 2. The lowest BCUT2D eigenvalue weighted by Gasteiger charge is -2.10. The molecule has 0 saturated carbocycles. The maximum atomic E-state index is 12.2. The molecule has 29 heavy (non-hydrogen) atoms. The molecule has 0 radical (unpaired) electrons. The van der Waals surface area contributed by atoms with E-state index in [1.165, 1.54) is 29.5 Å². The number of carbonyl (C=O) groups is 2. The summed E-state index contributed by atoms with van der Waals surface area (Å²) in [6.45, 7) is -1.89. The lowest BCUT2D eigenvalue weighted by atomic mass is 10.2. The molecule has 0 bridgehead atoms. The first-order valence-corrected chi connectivity index (χ1v) is 9.20. The zero-order chi connectivity index (χ0) is 20.8. The highest BCUT2D eigenvalue weighted by Gasteiger charge is 2.20. The second-order valence-corrected chi connectivity index (χ2v) is 6.59. The van der Waals surface area contributed by atoms with Gasteiger partial charge < -0.3 is 19.2 Å². The maximum absolute atomic E-state index is 12.2. The lowest BCUT2D eigenvalue weighted by Crippen LogP contribution is -2.31. The molecule has 1 aromatic carbocycles. The van der Waals surface area contributed by atoms with Crippen molar-refractivity contribution in [2.45, 2.75) is 19.6 Å². The van der Waals surface area contributed by atoms with Gasteiger partial charge in [0, 0.05) is 5.56 Å². The fourth-order valence-corrected chi connectivity index (χ4v) is 2.90. The van der Waals surface area contributed by atoms with E-state index in [-0.39, 0.29) is 17.2 Å². The van der Waals surface area contributed by atoms with Crippen LogP contribution in [0.15, 0.2) is 46.2 Å². The number of benzene rings is 1. The minimum atomic E-state index is -3.00. The molecule has 152 valence electrons. The van der Waals surface area contributed by atoms with Crippen LogP contribution in [0.5, 0.6) is 5.75 Å². The highest BCUT2D eigenvalue weighted by molar-refractivity contribution is 7.13. The summed E-state index contributed by atoms with van der Waals surface area (Å²) in [5.74, 6) is -1.11. The fraction of sp³-hybridized carbons (Fsp3) is 0.222. The Morgan fingerprint density at radius 2 is 2.07 bits per heavy atom. The van der Waals surface area contributed by atoms with Crippen LogP contribution in [0.1, 0.15) is 29.3 Å². The van der Waals surface area contributed by atoms with E-state index in [0.717, 1.165) is 10.9 Å². The number of hydrogen-bond donors (Lipinski definition) is 1. The molecule has 1 amide bonds. The Morgan fingerprint density at radius 1 is 1.24 bits per heavy atom. The number of halogens is 2. The molecule has 3 aromatic rings. The number of carbonyl (C=O) groups excluding carboxylic acids is 2. The third-order valence-corrected chi connectivity index (χ3v) is 4.40. The Hall–Kier alpha value is -3.34. The number of thiophene rings is 1. The molecule has 1 atom stereocenters. The first kappa shape index (κ1) is 20.4. The highest BCUT2D eigenvalue weighted by atomic mass is 32.1. The minimum absolute atomic E-state index is 0.0569. The number of amides is 1. The van der Waals surface area contributed by atoms with Gasteiger partial charge in [0.05, 0.1) is 4.88 Å². The Labute approximate surface area is 167 Å². The third-order valence-electron chi connectivity index (χ3n) is 3.54. The van der Waals surface area contributed by atoms with Gasteiger partial charge in [0.1, 0.15) is 12.3 Å². The van der Waals surface area contributed by atoms with Crippen LogP contribution in [0.3, 0.4) is 0 Å². The molecule has 0 aliphatic rings. The average molecular weight is 423 g/mol. The lowest BCUT2D eigenvalue weighted by molar-refractivity contribution is -0.148. The van der Waals surface area contributed by atoms with Crippen molar-refractivity contribution in [1.82, 2.24) is 15.5 Å². The van der Waals surface area contributed by atoms with Gasteiger partial charge in [-0.05, 0) is 36.6 Å². The molecular formula is C18H15F2N3O5S. The van der Waals surface area contributed by atoms with Crippen molar-refractivity contribution >= 4 is 23.2 Å². The van der Waals surface area contributed by atoms with Gasteiger partial charge in [0.2, 0.25) is 0 Å².